The highest BCUT2D eigenvalue weighted by molar-refractivity contribution is 4.65. The second-order valence-electron chi connectivity index (χ2n) is 7.02. The van der Waals surface area contributed by atoms with E-state index in [1.807, 2.05) is 6.08 Å². The Kier molecular flexibility index (Phi) is 15.8. The third-order valence-electron chi connectivity index (χ3n) is 4.56. The molecule has 0 aromatic rings. The molecule has 126 valence electrons. The van der Waals surface area contributed by atoms with Crippen molar-refractivity contribution in [3.63, 3.8) is 0 Å². The highest BCUT2D eigenvalue weighted by atomic mass is 16.3. The average molecular weight is 297 g/mol. The molecule has 1 nitrogen and oxygen atoms in total. The van der Waals surface area contributed by atoms with E-state index in [1.165, 1.54) is 83.5 Å². The Balaban J connectivity index is 3.17. The first kappa shape index (κ1) is 20.7. The third-order valence-corrected chi connectivity index (χ3v) is 4.56. The van der Waals surface area contributed by atoms with E-state index in [0.717, 1.165) is 5.92 Å². The van der Waals surface area contributed by atoms with Gasteiger partial charge in [-0.3, -0.25) is 0 Å². The van der Waals surface area contributed by atoms with Gasteiger partial charge in [0.2, 0.25) is 0 Å². The van der Waals surface area contributed by atoms with E-state index in [0.29, 0.717) is 12.5 Å². The third kappa shape index (κ3) is 15.9. The van der Waals surface area contributed by atoms with Crippen LogP contribution in [0, 0.1) is 11.8 Å². The van der Waals surface area contributed by atoms with Gasteiger partial charge in [-0.1, -0.05) is 84.1 Å². The van der Waals surface area contributed by atoms with E-state index >= 15 is 0 Å². The van der Waals surface area contributed by atoms with E-state index in [2.05, 4.69) is 20.4 Å². The second kappa shape index (κ2) is 16.1. The normalized spacial score (nSPS) is 14.0. The van der Waals surface area contributed by atoms with Crippen LogP contribution in [0.15, 0.2) is 12.7 Å². The van der Waals surface area contributed by atoms with Crippen molar-refractivity contribution in [2.24, 2.45) is 11.8 Å². The summed E-state index contributed by atoms with van der Waals surface area (Å²) < 4.78 is 0. The van der Waals surface area contributed by atoms with Gasteiger partial charge in [-0.25, -0.2) is 0 Å². The first-order valence-corrected chi connectivity index (χ1v) is 9.42. The second-order valence-corrected chi connectivity index (χ2v) is 7.02. The smallest absolute Gasteiger partial charge is 0.0456 e. The van der Waals surface area contributed by atoms with Crippen LogP contribution in [0.25, 0.3) is 0 Å². The molecule has 0 aromatic carbocycles. The molecule has 0 aromatic heterocycles. The molecule has 1 N–H and O–H groups in total. The lowest BCUT2D eigenvalue weighted by molar-refractivity contribution is 0.225. The molecular formula is C20H40O. The van der Waals surface area contributed by atoms with Crippen LogP contribution >= 0.6 is 0 Å². The van der Waals surface area contributed by atoms with Gasteiger partial charge >= 0.3 is 0 Å². The predicted octanol–water partition coefficient (Wildman–Crippen LogP) is 6.51. The summed E-state index contributed by atoms with van der Waals surface area (Å²) in [7, 11) is 0. The van der Waals surface area contributed by atoms with E-state index in [9.17, 15) is 0 Å². The molecule has 0 spiro atoms. The maximum atomic E-state index is 9.00. The molecule has 0 rings (SSSR count). The largest absolute Gasteiger partial charge is 0.396 e. The fourth-order valence-electron chi connectivity index (χ4n) is 2.89. The molecule has 21 heavy (non-hydrogen) atoms. The molecule has 0 aliphatic rings. The average Bonchev–Trinajstić information content (AvgIpc) is 2.49. The number of hydrogen-bond acceptors (Lipinski definition) is 1. The van der Waals surface area contributed by atoms with Crippen molar-refractivity contribution in [3.8, 4) is 0 Å². The maximum Gasteiger partial charge on any atom is 0.0456 e. The zero-order valence-electron chi connectivity index (χ0n) is 14.8. The summed E-state index contributed by atoms with van der Waals surface area (Å²) in [5.74, 6) is 1.36. The lowest BCUT2D eigenvalue weighted by atomic mass is 9.94. The number of allylic oxidation sites excluding steroid dienone is 1. The van der Waals surface area contributed by atoms with Gasteiger partial charge < -0.3 is 5.11 Å². The number of unbranched alkanes of at least 4 members (excludes halogenated alkanes) is 8. The predicted molar refractivity (Wildman–Crippen MR) is 95.6 cm³/mol. The molecule has 2 atom stereocenters. The highest BCUT2D eigenvalue weighted by Crippen LogP contribution is 2.19. The zero-order chi connectivity index (χ0) is 15.8. The molecule has 0 radical (unpaired) electrons. The van der Waals surface area contributed by atoms with E-state index in [1.54, 1.807) is 0 Å². The number of rotatable bonds is 16. The summed E-state index contributed by atoms with van der Waals surface area (Å²) in [6.45, 7) is 8.64. The molecule has 0 aliphatic heterocycles. The number of aliphatic hydroxyl groups excluding tert-OH is 1. The van der Waals surface area contributed by atoms with Gasteiger partial charge in [0.1, 0.15) is 0 Å². The van der Waals surface area contributed by atoms with Crippen LogP contribution in [-0.4, -0.2) is 11.7 Å². The summed E-state index contributed by atoms with van der Waals surface area (Å²) in [5, 5.41) is 9.00. The summed E-state index contributed by atoms with van der Waals surface area (Å²) in [6, 6.07) is 0. The van der Waals surface area contributed by atoms with Crippen molar-refractivity contribution in [2.75, 3.05) is 6.61 Å². The van der Waals surface area contributed by atoms with Gasteiger partial charge in [0.15, 0.2) is 0 Å². The number of hydrogen-bond donors (Lipinski definition) is 1. The van der Waals surface area contributed by atoms with Crippen LogP contribution in [0.2, 0.25) is 0 Å². The SMILES string of the molecule is C=CCCCCCCCCCC[C@H](C)CCC[C@H](C)CO. The number of aliphatic hydroxyl groups is 1. The van der Waals surface area contributed by atoms with Crippen LogP contribution in [0.4, 0.5) is 0 Å². The molecule has 0 saturated heterocycles. The summed E-state index contributed by atoms with van der Waals surface area (Å²) in [4.78, 5) is 0. The molecular weight excluding hydrogens is 256 g/mol. The van der Waals surface area contributed by atoms with Crippen LogP contribution in [0.1, 0.15) is 97.3 Å². The first-order chi connectivity index (χ1) is 10.2. The molecule has 0 fully saturated rings. The van der Waals surface area contributed by atoms with E-state index < -0.39 is 0 Å². The highest BCUT2D eigenvalue weighted by Gasteiger charge is 2.04. The van der Waals surface area contributed by atoms with Gasteiger partial charge in [-0.2, -0.15) is 0 Å². The summed E-state index contributed by atoms with van der Waals surface area (Å²) in [5.41, 5.74) is 0. The van der Waals surface area contributed by atoms with Crippen molar-refractivity contribution < 1.29 is 5.11 Å². The molecule has 0 saturated carbocycles. The van der Waals surface area contributed by atoms with Gasteiger partial charge in [0.05, 0.1) is 0 Å². The lowest BCUT2D eigenvalue weighted by Crippen LogP contribution is -2.02. The molecule has 0 aliphatic carbocycles. The minimum atomic E-state index is 0.349. The Bertz CT molecular complexity index is 212. The Morgan fingerprint density at radius 1 is 0.714 bits per heavy atom. The fourth-order valence-corrected chi connectivity index (χ4v) is 2.89. The van der Waals surface area contributed by atoms with Crippen molar-refractivity contribution in [1.82, 2.24) is 0 Å². The van der Waals surface area contributed by atoms with E-state index in [-0.39, 0.29) is 0 Å². The molecule has 1 heteroatoms. The van der Waals surface area contributed by atoms with Crippen LogP contribution in [0.3, 0.4) is 0 Å². The molecule has 0 bridgehead atoms. The van der Waals surface area contributed by atoms with Crippen LogP contribution in [-0.2, 0) is 0 Å². The van der Waals surface area contributed by atoms with Gasteiger partial charge in [-0.05, 0) is 31.1 Å². The zero-order valence-corrected chi connectivity index (χ0v) is 14.8. The summed E-state index contributed by atoms with van der Waals surface area (Å²) in [6.07, 6.45) is 19.7. The fraction of sp³-hybridized carbons (Fsp3) is 0.900. The van der Waals surface area contributed by atoms with Crippen molar-refractivity contribution >= 4 is 0 Å². The monoisotopic (exact) mass is 296 g/mol. The van der Waals surface area contributed by atoms with Crippen molar-refractivity contribution in [3.05, 3.63) is 12.7 Å². The van der Waals surface area contributed by atoms with Gasteiger partial charge in [0.25, 0.3) is 0 Å². The van der Waals surface area contributed by atoms with Gasteiger partial charge in [-0.15, -0.1) is 6.58 Å². The Labute approximate surface area is 134 Å². The standard InChI is InChI=1S/C20H40O/c1-4-5-6-7-8-9-10-11-12-13-15-19(2)16-14-17-20(3)18-21/h4,19-21H,1,5-18H2,2-3H3/t19-,20-/m0/s1. The first-order valence-electron chi connectivity index (χ1n) is 9.42. The molecule has 0 unspecified atom stereocenters. The minimum absolute atomic E-state index is 0.349. The van der Waals surface area contributed by atoms with Crippen molar-refractivity contribution in [1.29, 1.82) is 0 Å². The molecule has 0 amide bonds. The quantitative estimate of drug-likeness (QED) is 0.254. The topological polar surface area (TPSA) is 20.2 Å². The summed E-state index contributed by atoms with van der Waals surface area (Å²) >= 11 is 0. The van der Waals surface area contributed by atoms with Crippen molar-refractivity contribution in [2.45, 2.75) is 97.3 Å². The minimum Gasteiger partial charge on any atom is -0.396 e. The Morgan fingerprint density at radius 3 is 1.76 bits per heavy atom. The Hall–Kier alpha value is -0.300. The molecule has 0 heterocycles. The van der Waals surface area contributed by atoms with Crippen LogP contribution in [0.5, 0.6) is 0 Å². The van der Waals surface area contributed by atoms with Gasteiger partial charge in [0, 0.05) is 6.61 Å². The van der Waals surface area contributed by atoms with E-state index in [4.69, 9.17) is 5.11 Å². The Morgan fingerprint density at radius 2 is 1.19 bits per heavy atom. The lowest BCUT2D eigenvalue weighted by Gasteiger charge is -2.12. The maximum absolute atomic E-state index is 9.00. The van der Waals surface area contributed by atoms with Crippen LogP contribution < -0.4 is 0 Å².